The van der Waals surface area contributed by atoms with Crippen molar-refractivity contribution in [2.75, 3.05) is 38.3 Å². The number of benzene rings is 1. The molecular formula is C33H42N4O6S. The van der Waals surface area contributed by atoms with Crippen molar-refractivity contribution in [2.45, 2.75) is 51.9 Å². The molecule has 2 aliphatic rings. The molecule has 1 aliphatic heterocycles. The average molecular weight is 623 g/mol. The molecule has 1 atom stereocenters. The van der Waals surface area contributed by atoms with Gasteiger partial charge in [0.15, 0.2) is 0 Å². The second-order valence-electron chi connectivity index (χ2n) is 11.6. The standard InChI is InChI=1S/C33H40N4O6S.H2/c1-3-42-33(39)26-7-5-19-36(23-26)32(38)25-13-10-24(11-14-25)12-15-30-34-18-16-31(35-30)37-20-17-27-28(37)8-4-9-29(27)43-21-6-22-44(2,40)41;/h4,8-9,16-18,20,24-26H,3,5-7,10-11,13-14,19,21-23H2,1-2H3;1H/t24?,25?,26-;/m1./s1. The van der Waals surface area contributed by atoms with Gasteiger partial charge in [0, 0.05) is 50.4 Å². The zero-order chi connectivity index (χ0) is 31.1. The van der Waals surface area contributed by atoms with E-state index in [9.17, 15) is 18.0 Å². The Morgan fingerprint density at radius 1 is 1.09 bits per heavy atom. The first-order valence-electron chi connectivity index (χ1n) is 15.4. The van der Waals surface area contributed by atoms with Crippen LogP contribution >= 0.6 is 0 Å². The minimum atomic E-state index is -3.02. The van der Waals surface area contributed by atoms with Crippen LogP contribution in [0.2, 0.25) is 0 Å². The summed E-state index contributed by atoms with van der Waals surface area (Å²) in [7, 11) is -3.02. The number of amides is 1. The molecule has 1 aliphatic carbocycles. The molecular weight excluding hydrogens is 580 g/mol. The number of piperidine rings is 1. The molecule has 0 bridgehead atoms. The molecule has 236 valence electrons. The highest BCUT2D eigenvalue weighted by Crippen LogP contribution is 2.32. The van der Waals surface area contributed by atoms with Crippen LogP contribution in [0.5, 0.6) is 5.75 Å². The Kier molecular flexibility index (Phi) is 10.2. The van der Waals surface area contributed by atoms with Crippen LogP contribution in [0.1, 0.15) is 59.1 Å². The lowest BCUT2D eigenvalue weighted by Gasteiger charge is -2.35. The third-order valence-electron chi connectivity index (χ3n) is 8.32. The number of carbonyl (C=O) groups is 2. The fourth-order valence-electron chi connectivity index (χ4n) is 6.05. The van der Waals surface area contributed by atoms with E-state index in [2.05, 4.69) is 16.8 Å². The number of sulfone groups is 1. The summed E-state index contributed by atoms with van der Waals surface area (Å²) in [6.45, 7) is 3.65. The van der Waals surface area contributed by atoms with Gasteiger partial charge in [-0.3, -0.25) is 9.59 Å². The fraction of sp³-hybridized carbons (Fsp3) is 0.515. The Balaban J connectivity index is 0.00000461. The normalized spacial score (nSPS) is 20.5. The number of hydrogen-bond acceptors (Lipinski definition) is 8. The highest BCUT2D eigenvalue weighted by atomic mass is 32.2. The molecule has 2 fully saturated rings. The number of carbonyl (C=O) groups excluding carboxylic acids is 2. The van der Waals surface area contributed by atoms with E-state index in [4.69, 9.17) is 14.5 Å². The van der Waals surface area contributed by atoms with Crippen LogP contribution in [0.25, 0.3) is 16.7 Å². The molecule has 1 saturated carbocycles. The molecule has 10 nitrogen and oxygen atoms in total. The largest absolute Gasteiger partial charge is 0.493 e. The molecule has 1 saturated heterocycles. The van der Waals surface area contributed by atoms with Gasteiger partial charge in [0.2, 0.25) is 11.7 Å². The van der Waals surface area contributed by atoms with Crippen molar-refractivity contribution in [1.82, 2.24) is 19.4 Å². The molecule has 0 radical (unpaired) electrons. The molecule has 5 rings (SSSR count). The lowest BCUT2D eigenvalue weighted by Crippen LogP contribution is -2.45. The summed E-state index contributed by atoms with van der Waals surface area (Å²) in [5, 5.41) is 0.908. The number of hydrogen-bond donors (Lipinski definition) is 0. The number of fused-ring (bicyclic) bond motifs is 1. The van der Waals surface area contributed by atoms with Gasteiger partial charge in [-0.1, -0.05) is 12.0 Å². The Morgan fingerprint density at radius 2 is 1.91 bits per heavy atom. The van der Waals surface area contributed by atoms with E-state index in [1.54, 1.807) is 13.1 Å². The molecule has 1 amide bonds. The number of rotatable bonds is 9. The second kappa shape index (κ2) is 14.2. The van der Waals surface area contributed by atoms with Crippen LogP contribution < -0.4 is 4.74 Å². The highest BCUT2D eigenvalue weighted by Gasteiger charge is 2.34. The van der Waals surface area contributed by atoms with Crippen LogP contribution in [0.4, 0.5) is 0 Å². The average Bonchev–Trinajstić information content (AvgIpc) is 3.47. The van der Waals surface area contributed by atoms with E-state index in [1.807, 2.05) is 46.0 Å². The van der Waals surface area contributed by atoms with Gasteiger partial charge in [0.05, 0.1) is 30.4 Å². The van der Waals surface area contributed by atoms with Crippen molar-refractivity contribution in [3.8, 4) is 23.4 Å². The topological polar surface area (TPSA) is 121 Å². The first-order valence-corrected chi connectivity index (χ1v) is 17.5. The first-order chi connectivity index (χ1) is 21.2. The lowest BCUT2D eigenvalue weighted by molar-refractivity contribution is -0.152. The van der Waals surface area contributed by atoms with E-state index < -0.39 is 9.84 Å². The Morgan fingerprint density at radius 3 is 2.68 bits per heavy atom. The maximum absolute atomic E-state index is 13.2. The molecule has 3 aromatic rings. The summed E-state index contributed by atoms with van der Waals surface area (Å²) in [4.78, 5) is 36.3. The Labute approximate surface area is 260 Å². The summed E-state index contributed by atoms with van der Waals surface area (Å²) >= 11 is 0. The van der Waals surface area contributed by atoms with Crippen LogP contribution in [0.15, 0.2) is 42.7 Å². The lowest BCUT2D eigenvalue weighted by atomic mass is 9.81. The van der Waals surface area contributed by atoms with Crippen LogP contribution in [0, 0.1) is 29.6 Å². The van der Waals surface area contributed by atoms with Gasteiger partial charge < -0.3 is 18.9 Å². The molecule has 11 heteroatoms. The maximum Gasteiger partial charge on any atom is 0.310 e. The molecule has 2 aromatic heterocycles. The number of esters is 1. The predicted octanol–water partition coefficient (Wildman–Crippen LogP) is 4.44. The minimum Gasteiger partial charge on any atom is -0.493 e. The fourth-order valence-corrected chi connectivity index (χ4v) is 6.69. The monoisotopic (exact) mass is 622 g/mol. The third kappa shape index (κ3) is 7.97. The maximum atomic E-state index is 13.2. The van der Waals surface area contributed by atoms with E-state index in [-0.39, 0.29) is 36.8 Å². The summed E-state index contributed by atoms with van der Waals surface area (Å²) < 4.78 is 35.9. The van der Waals surface area contributed by atoms with Gasteiger partial charge in [0.1, 0.15) is 21.4 Å². The zero-order valence-electron chi connectivity index (χ0n) is 25.4. The van der Waals surface area contributed by atoms with E-state index in [0.29, 0.717) is 50.1 Å². The Hall–Kier alpha value is -3.91. The minimum absolute atomic E-state index is 0. The molecule has 1 aromatic carbocycles. The van der Waals surface area contributed by atoms with Crippen molar-refractivity contribution in [3.63, 3.8) is 0 Å². The molecule has 44 heavy (non-hydrogen) atoms. The zero-order valence-corrected chi connectivity index (χ0v) is 26.2. The van der Waals surface area contributed by atoms with E-state index in [0.717, 1.165) is 49.4 Å². The number of likely N-dealkylation sites (tertiary alicyclic amines) is 1. The smallest absolute Gasteiger partial charge is 0.310 e. The predicted molar refractivity (Wildman–Crippen MR) is 169 cm³/mol. The van der Waals surface area contributed by atoms with Gasteiger partial charge in [-0.25, -0.2) is 18.4 Å². The van der Waals surface area contributed by atoms with E-state index in [1.165, 1.54) is 6.26 Å². The summed E-state index contributed by atoms with van der Waals surface area (Å²) in [5.41, 5.74) is 0.911. The van der Waals surface area contributed by atoms with Gasteiger partial charge in [-0.05, 0) is 82.1 Å². The van der Waals surface area contributed by atoms with Gasteiger partial charge >= 0.3 is 5.97 Å². The number of nitrogens with zero attached hydrogens (tertiary/aromatic N) is 4. The van der Waals surface area contributed by atoms with Crippen LogP contribution in [-0.4, -0.2) is 78.0 Å². The summed E-state index contributed by atoms with van der Waals surface area (Å²) in [5.74, 6) is 8.29. The van der Waals surface area contributed by atoms with Crippen molar-refractivity contribution in [3.05, 3.63) is 48.5 Å². The first kappa shape index (κ1) is 31.5. The van der Waals surface area contributed by atoms with E-state index >= 15 is 0 Å². The van der Waals surface area contributed by atoms with Gasteiger partial charge in [0.25, 0.3) is 0 Å². The summed E-state index contributed by atoms with van der Waals surface area (Å²) in [6, 6.07) is 9.53. The van der Waals surface area contributed by atoms with Crippen molar-refractivity contribution < 1.29 is 28.9 Å². The van der Waals surface area contributed by atoms with Crippen LogP contribution in [0.3, 0.4) is 0 Å². The molecule has 3 heterocycles. The van der Waals surface area contributed by atoms with Gasteiger partial charge in [-0.15, -0.1) is 0 Å². The highest BCUT2D eigenvalue weighted by molar-refractivity contribution is 7.90. The quantitative estimate of drug-likeness (QED) is 0.195. The van der Waals surface area contributed by atoms with Crippen molar-refractivity contribution in [1.29, 1.82) is 0 Å². The molecule has 0 spiro atoms. The van der Waals surface area contributed by atoms with Crippen LogP contribution in [-0.2, 0) is 24.2 Å². The summed E-state index contributed by atoms with van der Waals surface area (Å²) in [6.07, 6.45) is 10.1. The Bertz CT molecular complexity index is 1660. The molecule has 0 N–H and O–H groups in total. The SMILES string of the molecule is CCOC(=O)[C@@H]1CCCN(C(=O)C2CCC(C#Cc3nccc(-n4ccc5c(OCCCS(C)(=O)=O)cccc54)n3)CC2)C1.[HH]. The van der Waals surface area contributed by atoms with Gasteiger partial charge in [-0.2, -0.15) is 0 Å². The number of aromatic nitrogens is 3. The third-order valence-corrected chi connectivity index (χ3v) is 9.35. The second-order valence-corrected chi connectivity index (χ2v) is 13.9. The van der Waals surface area contributed by atoms with Crippen molar-refractivity contribution in [2.24, 2.45) is 17.8 Å². The molecule has 0 unspecified atom stereocenters. The number of ether oxygens (including phenoxy) is 2. The van der Waals surface area contributed by atoms with Crippen molar-refractivity contribution >= 4 is 32.6 Å².